The van der Waals surface area contributed by atoms with Gasteiger partial charge in [-0.2, -0.15) is 10.5 Å². The Morgan fingerprint density at radius 3 is 2.57 bits per heavy atom. The first-order valence-corrected chi connectivity index (χ1v) is 9.19. The SMILES string of the molecule is N#Cc1nc2c(=O)c(-c3cccc(Cl)c3)c(-c3nn[nH]n3)[nH]n2c1-c1ccccc1. The Hall–Kier alpha value is -4.29. The van der Waals surface area contributed by atoms with Gasteiger partial charge in [0, 0.05) is 10.6 Å². The van der Waals surface area contributed by atoms with Gasteiger partial charge in [-0.15, -0.1) is 10.2 Å². The van der Waals surface area contributed by atoms with Crippen molar-refractivity contribution in [3.8, 4) is 40.0 Å². The van der Waals surface area contributed by atoms with Crippen molar-refractivity contribution in [2.24, 2.45) is 0 Å². The van der Waals surface area contributed by atoms with E-state index in [0.717, 1.165) is 5.56 Å². The number of rotatable bonds is 3. The van der Waals surface area contributed by atoms with Crippen LogP contribution in [0.1, 0.15) is 5.69 Å². The van der Waals surface area contributed by atoms with E-state index in [9.17, 15) is 10.1 Å². The second-order valence-electron chi connectivity index (χ2n) is 6.38. The minimum Gasteiger partial charge on any atom is -0.288 e. The van der Waals surface area contributed by atoms with E-state index >= 15 is 0 Å². The lowest BCUT2D eigenvalue weighted by Crippen LogP contribution is -2.15. The highest BCUT2D eigenvalue weighted by Crippen LogP contribution is 2.30. The summed E-state index contributed by atoms with van der Waals surface area (Å²) in [6.45, 7) is 0. The Labute approximate surface area is 173 Å². The number of aromatic nitrogens is 7. The van der Waals surface area contributed by atoms with Crippen LogP contribution < -0.4 is 5.43 Å². The van der Waals surface area contributed by atoms with Gasteiger partial charge in [0.05, 0.1) is 5.56 Å². The molecular weight excluding hydrogens is 404 g/mol. The number of aromatic amines is 2. The number of fused-ring (bicyclic) bond motifs is 1. The predicted molar refractivity (Wildman–Crippen MR) is 110 cm³/mol. The highest BCUT2D eigenvalue weighted by molar-refractivity contribution is 6.30. The molecular formula is C20H11ClN8O. The number of hydrogen-bond donors (Lipinski definition) is 2. The van der Waals surface area contributed by atoms with Crippen LogP contribution in [0.3, 0.4) is 0 Å². The molecule has 0 amide bonds. The van der Waals surface area contributed by atoms with Crippen molar-refractivity contribution in [2.75, 3.05) is 0 Å². The molecule has 0 radical (unpaired) electrons. The van der Waals surface area contributed by atoms with Crippen molar-refractivity contribution in [1.29, 1.82) is 5.26 Å². The third-order valence-corrected chi connectivity index (χ3v) is 4.85. The van der Waals surface area contributed by atoms with Crippen LogP contribution in [0.25, 0.3) is 39.5 Å². The van der Waals surface area contributed by atoms with Crippen molar-refractivity contribution in [3.05, 3.63) is 75.5 Å². The molecule has 0 aliphatic rings. The molecule has 0 atom stereocenters. The zero-order valence-corrected chi connectivity index (χ0v) is 15.9. The topological polar surface area (TPSA) is 128 Å². The van der Waals surface area contributed by atoms with Crippen LogP contribution in [-0.2, 0) is 0 Å². The monoisotopic (exact) mass is 414 g/mol. The highest BCUT2D eigenvalue weighted by Gasteiger charge is 2.24. The summed E-state index contributed by atoms with van der Waals surface area (Å²) < 4.78 is 1.48. The van der Waals surface area contributed by atoms with E-state index in [2.05, 4.69) is 36.8 Å². The first-order chi connectivity index (χ1) is 14.7. The highest BCUT2D eigenvalue weighted by atomic mass is 35.5. The van der Waals surface area contributed by atoms with Gasteiger partial charge in [0.15, 0.2) is 5.69 Å². The van der Waals surface area contributed by atoms with Gasteiger partial charge >= 0.3 is 0 Å². The lowest BCUT2D eigenvalue weighted by atomic mass is 10.0. The molecule has 0 unspecified atom stereocenters. The number of nitrogens with zero attached hydrogens (tertiary/aromatic N) is 6. The smallest absolute Gasteiger partial charge is 0.233 e. The van der Waals surface area contributed by atoms with Crippen LogP contribution in [0.5, 0.6) is 0 Å². The summed E-state index contributed by atoms with van der Waals surface area (Å²) >= 11 is 6.15. The number of H-pyrrole nitrogens is 2. The Kier molecular flexibility index (Phi) is 4.12. The van der Waals surface area contributed by atoms with Gasteiger partial charge < -0.3 is 0 Å². The number of imidazole rings is 1. The minimum absolute atomic E-state index is 0.0765. The normalized spacial score (nSPS) is 10.9. The summed E-state index contributed by atoms with van der Waals surface area (Å²) in [5.41, 5.74) is 2.16. The van der Waals surface area contributed by atoms with Crippen LogP contribution in [0.2, 0.25) is 5.02 Å². The van der Waals surface area contributed by atoms with Crippen LogP contribution >= 0.6 is 11.6 Å². The number of nitriles is 1. The molecule has 5 aromatic rings. The van der Waals surface area contributed by atoms with Gasteiger partial charge in [-0.25, -0.2) is 9.50 Å². The Balaban J connectivity index is 1.93. The maximum absolute atomic E-state index is 13.5. The van der Waals surface area contributed by atoms with Crippen LogP contribution in [0, 0.1) is 11.3 Å². The summed E-state index contributed by atoms with van der Waals surface area (Å²) in [5, 5.41) is 27.3. The summed E-state index contributed by atoms with van der Waals surface area (Å²) in [5.74, 6) is 0.190. The van der Waals surface area contributed by atoms with E-state index in [0.29, 0.717) is 22.0 Å². The first kappa shape index (κ1) is 17.8. The summed E-state index contributed by atoms with van der Waals surface area (Å²) in [6, 6.07) is 18.2. The standard InChI is InChI=1S/C20H11ClN8O/c21-13-8-4-7-12(9-13)15-16(19-24-27-28-25-19)26-29-17(11-5-2-1-3-6-11)14(10-22)23-20(29)18(15)30/h1-9,26H,(H,24,25,27,28). The molecule has 30 heavy (non-hydrogen) atoms. The maximum Gasteiger partial charge on any atom is 0.233 e. The van der Waals surface area contributed by atoms with Gasteiger partial charge in [0.25, 0.3) is 0 Å². The van der Waals surface area contributed by atoms with E-state index in [1.165, 1.54) is 4.52 Å². The van der Waals surface area contributed by atoms with Crippen LogP contribution in [0.4, 0.5) is 0 Å². The number of hydrogen-bond acceptors (Lipinski definition) is 6. The Morgan fingerprint density at radius 1 is 1.07 bits per heavy atom. The molecule has 2 aromatic carbocycles. The molecule has 0 saturated heterocycles. The fraction of sp³-hybridized carbons (Fsp3) is 0. The van der Waals surface area contributed by atoms with Crippen molar-refractivity contribution >= 4 is 17.2 Å². The number of benzene rings is 2. The van der Waals surface area contributed by atoms with E-state index in [1.807, 2.05) is 30.3 Å². The van der Waals surface area contributed by atoms with Crippen molar-refractivity contribution in [2.45, 2.75) is 0 Å². The van der Waals surface area contributed by atoms with Crippen molar-refractivity contribution < 1.29 is 0 Å². The largest absolute Gasteiger partial charge is 0.288 e. The molecule has 0 aliphatic carbocycles. The van der Waals surface area contributed by atoms with Crippen LogP contribution in [0.15, 0.2) is 59.4 Å². The number of halogens is 1. The summed E-state index contributed by atoms with van der Waals surface area (Å²) in [7, 11) is 0. The fourth-order valence-electron chi connectivity index (χ4n) is 3.36. The molecule has 0 aliphatic heterocycles. The van der Waals surface area contributed by atoms with E-state index in [-0.39, 0.29) is 22.7 Å². The average molecular weight is 415 g/mol. The second-order valence-corrected chi connectivity index (χ2v) is 6.82. The molecule has 3 aromatic heterocycles. The third-order valence-electron chi connectivity index (χ3n) is 4.62. The van der Waals surface area contributed by atoms with Gasteiger partial charge in [-0.1, -0.05) is 54.1 Å². The Morgan fingerprint density at radius 2 is 1.87 bits per heavy atom. The molecule has 2 N–H and O–H groups in total. The van der Waals surface area contributed by atoms with Gasteiger partial charge in [0.2, 0.25) is 16.9 Å². The van der Waals surface area contributed by atoms with Crippen molar-refractivity contribution in [1.82, 2.24) is 35.2 Å². The van der Waals surface area contributed by atoms with Crippen molar-refractivity contribution in [3.63, 3.8) is 0 Å². The quantitative estimate of drug-likeness (QED) is 0.467. The second kappa shape index (κ2) is 6.95. The predicted octanol–water partition coefficient (Wildman–Crippen LogP) is 3.06. The van der Waals surface area contributed by atoms with Crippen LogP contribution in [-0.4, -0.2) is 35.2 Å². The summed E-state index contributed by atoms with van der Waals surface area (Å²) in [4.78, 5) is 17.8. The van der Waals surface area contributed by atoms with E-state index in [4.69, 9.17) is 11.6 Å². The van der Waals surface area contributed by atoms with E-state index < -0.39 is 5.43 Å². The first-order valence-electron chi connectivity index (χ1n) is 8.81. The molecule has 9 nitrogen and oxygen atoms in total. The molecule has 144 valence electrons. The van der Waals surface area contributed by atoms with Gasteiger partial charge in [-0.05, 0) is 22.9 Å². The van der Waals surface area contributed by atoms with Gasteiger partial charge in [-0.3, -0.25) is 9.89 Å². The lowest BCUT2D eigenvalue weighted by Gasteiger charge is -2.10. The number of nitrogens with one attached hydrogen (secondary N) is 2. The van der Waals surface area contributed by atoms with Gasteiger partial charge in [0.1, 0.15) is 17.5 Å². The fourth-order valence-corrected chi connectivity index (χ4v) is 3.55. The lowest BCUT2D eigenvalue weighted by molar-refractivity contribution is 0.881. The average Bonchev–Trinajstić information content (AvgIpc) is 3.42. The maximum atomic E-state index is 13.5. The molecule has 10 heteroatoms. The molecule has 0 fully saturated rings. The third kappa shape index (κ3) is 2.75. The molecule has 0 saturated carbocycles. The molecule has 5 rings (SSSR count). The minimum atomic E-state index is -0.394. The summed E-state index contributed by atoms with van der Waals surface area (Å²) in [6.07, 6.45) is 0. The zero-order valence-electron chi connectivity index (χ0n) is 15.2. The zero-order chi connectivity index (χ0) is 20.7. The molecule has 3 heterocycles. The Bertz CT molecular complexity index is 1480. The number of tetrazole rings is 1. The molecule has 0 bridgehead atoms. The van der Waals surface area contributed by atoms with E-state index in [1.54, 1.807) is 24.3 Å². The molecule has 0 spiro atoms.